The Bertz CT molecular complexity index is 689. The summed E-state index contributed by atoms with van der Waals surface area (Å²) in [6.45, 7) is 2.08. The van der Waals surface area contributed by atoms with Crippen LogP contribution >= 0.6 is 0 Å². The number of hydrogen-bond acceptors (Lipinski definition) is 4. The highest BCUT2D eigenvalue weighted by atomic mass is 16.5. The van der Waals surface area contributed by atoms with Gasteiger partial charge < -0.3 is 15.4 Å². The molecule has 1 aromatic heterocycles. The normalized spacial score (nSPS) is 11.6. The van der Waals surface area contributed by atoms with Crippen LogP contribution in [0.5, 0.6) is 0 Å². The fourth-order valence-electron chi connectivity index (χ4n) is 2.23. The maximum atomic E-state index is 12.2. The second kappa shape index (κ2) is 8.79. The fourth-order valence-corrected chi connectivity index (χ4v) is 2.23. The SMILES string of the molecule is CO[C@@H](C(=O)NCCC(=O)Nc1cccc(C)n1)c1ccccc1. The number of aryl methyl sites for hydroxylation is 1. The number of carbonyl (C=O) groups is 2. The van der Waals surface area contributed by atoms with Crippen molar-refractivity contribution in [2.45, 2.75) is 19.4 Å². The number of nitrogens with one attached hydrogen (secondary N) is 2. The van der Waals surface area contributed by atoms with Crippen molar-refractivity contribution in [3.05, 3.63) is 59.8 Å². The van der Waals surface area contributed by atoms with Crippen molar-refractivity contribution in [3.63, 3.8) is 0 Å². The molecule has 0 unspecified atom stereocenters. The van der Waals surface area contributed by atoms with E-state index in [9.17, 15) is 9.59 Å². The lowest BCUT2D eigenvalue weighted by atomic mass is 10.1. The number of benzene rings is 1. The molecule has 2 rings (SSSR count). The standard InChI is InChI=1S/C18H21N3O3/c1-13-7-6-10-15(20-13)21-16(22)11-12-19-18(23)17(24-2)14-8-4-3-5-9-14/h3-10,17H,11-12H2,1-2H3,(H,19,23)(H,20,21,22)/t17-/m1/s1. The highest BCUT2D eigenvalue weighted by molar-refractivity contribution is 5.90. The van der Waals surface area contributed by atoms with Crippen LogP contribution in [-0.2, 0) is 14.3 Å². The van der Waals surface area contributed by atoms with Crippen molar-refractivity contribution in [2.75, 3.05) is 19.0 Å². The van der Waals surface area contributed by atoms with E-state index in [4.69, 9.17) is 4.74 Å². The zero-order valence-electron chi connectivity index (χ0n) is 13.8. The molecule has 0 radical (unpaired) electrons. The van der Waals surface area contributed by atoms with Crippen molar-refractivity contribution in [1.82, 2.24) is 10.3 Å². The molecule has 2 aromatic rings. The molecular weight excluding hydrogens is 306 g/mol. The minimum absolute atomic E-state index is 0.159. The first kappa shape index (κ1) is 17.6. The number of pyridine rings is 1. The molecule has 24 heavy (non-hydrogen) atoms. The lowest BCUT2D eigenvalue weighted by Crippen LogP contribution is -2.32. The monoisotopic (exact) mass is 327 g/mol. The van der Waals surface area contributed by atoms with Crippen LogP contribution in [0.1, 0.15) is 23.8 Å². The maximum absolute atomic E-state index is 12.2. The number of amides is 2. The molecule has 0 bridgehead atoms. The molecule has 1 atom stereocenters. The number of carbonyl (C=O) groups excluding carboxylic acids is 2. The van der Waals surface area contributed by atoms with Gasteiger partial charge in [-0.05, 0) is 24.6 Å². The van der Waals surface area contributed by atoms with Crippen LogP contribution in [0.4, 0.5) is 5.82 Å². The van der Waals surface area contributed by atoms with Crippen LogP contribution in [0.15, 0.2) is 48.5 Å². The lowest BCUT2D eigenvalue weighted by Gasteiger charge is -2.15. The molecule has 0 fully saturated rings. The Labute approximate surface area is 141 Å². The topological polar surface area (TPSA) is 80.3 Å². The predicted molar refractivity (Wildman–Crippen MR) is 91.4 cm³/mol. The van der Waals surface area contributed by atoms with Crippen LogP contribution in [0, 0.1) is 6.92 Å². The number of anilines is 1. The summed E-state index contributed by atoms with van der Waals surface area (Å²) in [5.41, 5.74) is 1.60. The zero-order valence-corrected chi connectivity index (χ0v) is 13.8. The summed E-state index contributed by atoms with van der Waals surface area (Å²) in [5, 5.41) is 5.41. The predicted octanol–water partition coefficient (Wildman–Crippen LogP) is 2.22. The van der Waals surface area contributed by atoms with Gasteiger partial charge in [-0.2, -0.15) is 0 Å². The smallest absolute Gasteiger partial charge is 0.253 e. The maximum Gasteiger partial charge on any atom is 0.253 e. The first-order chi connectivity index (χ1) is 11.6. The van der Waals surface area contributed by atoms with Gasteiger partial charge in [-0.15, -0.1) is 0 Å². The van der Waals surface area contributed by atoms with E-state index in [1.807, 2.05) is 49.4 Å². The Morgan fingerprint density at radius 1 is 1.12 bits per heavy atom. The highest BCUT2D eigenvalue weighted by Crippen LogP contribution is 2.16. The van der Waals surface area contributed by atoms with Crippen LogP contribution < -0.4 is 10.6 Å². The zero-order chi connectivity index (χ0) is 17.4. The van der Waals surface area contributed by atoms with E-state index in [0.29, 0.717) is 5.82 Å². The van der Waals surface area contributed by atoms with Crippen molar-refractivity contribution in [2.24, 2.45) is 0 Å². The number of nitrogens with zero attached hydrogens (tertiary/aromatic N) is 1. The Morgan fingerprint density at radius 2 is 1.88 bits per heavy atom. The summed E-state index contributed by atoms with van der Waals surface area (Å²) in [4.78, 5) is 28.3. The number of rotatable bonds is 7. The summed E-state index contributed by atoms with van der Waals surface area (Å²) in [7, 11) is 1.48. The molecule has 2 amide bonds. The quantitative estimate of drug-likeness (QED) is 0.817. The fraction of sp³-hybridized carbons (Fsp3) is 0.278. The second-order valence-electron chi connectivity index (χ2n) is 5.28. The third-order valence-corrected chi connectivity index (χ3v) is 3.38. The molecule has 0 aliphatic carbocycles. The van der Waals surface area contributed by atoms with Crippen molar-refractivity contribution in [3.8, 4) is 0 Å². The van der Waals surface area contributed by atoms with Crippen LogP contribution in [0.25, 0.3) is 0 Å². The summed E-state index contributed by atoms with van der Waals surface area (Å²) in [5.74, 6) is 0.0256. The van der Waals surface area contributed by atoms with Gasteiger partial charge in [-0.1, -0.05) is 36.4 Å². The van der Waals surface area contributed by atoms with Gasteiger partial charge in [0.05, 0.1) is 0 Å². The third kappa shape index (κ3) is 5.17. The molecule has 0 aliphatic heterocycles. The van der Waals surface area contributed by atoms with Crippen LogP contribution in [0.3, 0.4) is 0 Å². The Morgan fingerprint density at radius 3 is 2.54 bits per heavy atom. The number of ether oxygens (including phenoxy) is 1. The van der Waals surface area contributed by atoms with Gasteiger partial charge >= 0.3 is 0 Å². The highest BCUT2D eigenvalue weighted by Gasteiger charge is 2.19. The first-order valence-electron chi connectivity index (χ1n) is 7.69. The molecule has 0 saturated carbocycles. The summed E-state index contributed by atoms with van der Waals surface area (Å²) >= 11 is 0. The average Bonchev–Trinajstić information content (AvgIpc) is 2.56. The van der Waals surface area contributed by atoms with E-state index < -0.39 is 6.10 Å². The van der Waals surface area contributed by atoms with E-state index in [-0.39, 0.29) is 24.8 Å². The summed E-state index contributed by atoms with van der Waals surface area (Å²) in [6, 6.07) is 14.6. The van der Waals surface area contributed by atoms with Gasteiger partial charge in [0.1, 0.15) is 5.82 Å². The summed E-state index contributed by atoms with van der Waals surface area (Å²) < 4.78 is 5.24. The minimum atomic E-state index is -0.687. The summed E-state index contributed by atoms with van der Waals surface area (Å²) in [6.07, 6.45) is -0.528. The molecule has 2 N–H and O–H groups in total. The van der Waals surface area contributed by atoms with Crippen molar-refractivity contribution < 1.29 is 14.3 Å². The molecule has 1 heterocycles. The molecular formula is C18H21N3O3. The van der Waals surface area contributed by atoms with Gasteiger partial charge in [-0.3, -0.25) is 9.59 Å². The Hall–Kier alpha value is -2.73. The van der Waals surface area contributed by atoms with Crippen LogP contribution in [-0.4, -0.2) is 30.5 Å². The largest absolute Gasteiger partial charge is 0.367 e. The van der Waals surface area contributed by atoms with Crippen molar-refractivity contribution >= 4 is 17.6 Å². The second-order valence-corrected chi connectivity index (χ2v) is 5.28. The number of methoxy groups -OCH3 is 1. The van der Waals surface area contributed by atoms with Gasteiger partial charge in [0.25, 0.3) is 5.91 Å². The van der Waals surface area contributed by atoms with E-state index in [2.05, 4.69) is 15.6 Å². The van der Waals surface area contributed by atoms with Gasteiger partial charge in [0, 0.05) is 25.8 Å². The third-order valence-electron chi connectivity index (χ3n) is 3.38. The van der Waals surface area contributed by atoms with Crippen molar-refractivity contribution in [1.29, 1.82) is 0 Å². The van der Waals surface area contributed by atoms with Gasteiger partial charge in [-0.25, -0.2) is 4.98 Å². The molecule has 6 nitrogen and oxygen atoms in total. The minimum Gasteiger partial charge on any atom is -0.367 e. The van der Waals surface area contributed by atoms with E-state index >= 15 is 0 Å². The number of aromatic nitrogens is 1. The Balaban J connectivity index is 1.80. The molecule has 6 heteroatoms. The molecule has 0 spiro atoms. The van der Waals surface area contributed by atoms with Gasteiger partial charge in [0.2, 0.25) is 5.91 Å². The molecule has 1 aromatic carbocycles. The average molecular weight is 327 g/mol. The van der Waals surface area contributed by atoms with E-state index in [0.717, 1.165) is 11.3 Å². The van der Waals surface area contributed by atoms with Crippen LogP contribution in [0.2, 0.25) is 0 Å². The number of hydrogen-bond donors (Lipinski definition) is 2. The molecule has 126 valence electrons. The first-order valence-corrected chi connectivity index (χ1v) is 7.69. The van der Waals surface area contributed by atoms with E-state index in [1.165, 1.54) is 7.11 Å². The Kier molecular flexibility index (Phi) is 6.45. The molecule has 0 aliphatic rings. The van der Waals surface area contributed by atoms with Gasteiger partial charge in [0.15, 0.2) is 6.10 Å². The molecule has 0 saturated heterocycles. The van der Waals surface area contributed by atoms with E-state index in [1.54, 1.807) is 6.07 Å². The lowest BCUT2D eigenvalue weighted by molar-refractivity contribution is -0.131.